The molecular formula is C10H11BrN2O3. The summed E-state index contributed by atoms with van der Waals surface area (Å²) in [6, 6.07) is 4.99. The molecule has 0 aromatic heterocycles. The zero-order valence-electron chi connectivity index (χ0n) is 8.47. The van der Waals surface area contributed by atoms with Crippen LogP contribution in [0.25, 0.3) is 0 Å². The van der Waals surface area contributed by atoms with Crippen LogP contribution in [0.3, 0.4) is 0 Å². The molecule has 0 radical (unpaired) electrons. The third kappa shape index (κ3) is 2.23. The van der Waals surface area contributed by atoms with E-state index in [9.17, 15) is 10.1 Å². The first-order valence-electron chi connectivity index (χ1n) is 4.90. The van der Waals surface area contributed by atoms with Gasteiger partial charge in [0, 0.05) is 25.7 Å². The molecule has 1 aliphatic rings. The molecule has 1 heterocycles. The van der Waals surface area contributed by atoms with E-state index in [4.69, 9.17) is 5.11 Å². The molecule has 1 aliphatic heterocycles. The Balaban J connectivity index is 2.15. The molecule has 1 N–H and O–H groups in total. The van der Waals surface area contributed by atoms with Gasteiger partial charge in [0.25, 0.3) is 5.69 Å². The fourth-order valence-electron chi connectivity index (χ4n) is 1.74. The van der Waals surface area contributed by atoms with Crippen molar-refractivity contribution in [3.05, 3.63) is 38.3 Å². The maximum absolute atomic E-state index is 10.7. The molecule has 0 bridgehead atoms. The standard InChI is InChI=1S/C10H11BrN2O3/c11-10-7(4-12-5-8(14)6-12)2-1-3-9(10)13(15)16/h1-3,8,14H,4-6H2. The summed E-state index contributed by atoms with van der Waals surface area (Å²) in [6.45, 7) is 1.89. The minimum atomic E-state index is -0.404. The second-order valence-corrected chi connectivity index (χ2v) is 4.65. The summed E-state index contributed by atoms with van der Waals surface area (Å²) in [5, 5.41) is 19.9. The highest BCUT2D eigenvalue weighted by Gasteiger charge is 2.25. The van der Waals surface area contributed by atoms with Crippen molar-refractivity contribution in [2.24, 2.45) is 0 Å². The van der Waals surface area contributed by atoms with E-state index in [0.717, 1.165) is 5.56 Å². The average Bonchev–Trinajstić information content (AvgIpc) is 2.18. The number of β-amino-alcohol motifs (C(OH)–C–C–N with tert-alkyl or cyclic N) is 1. The van der Waals surface area contributed by atoms with E-state index in [2.05, 4.69) is 15.9 Å². The molecule has 1 aromatic rings. The lowest BCUT2D eigenvalue weighted by Crippen LogP contribution is -2.49. The lowest BCUT2D eigenvalue weighted by molar-refractivity contribution is -0.385. The molecule has 0 saturated carbocycles. The van der Waals surface area contributed by atoms with Crippen molar-refractivity contribution in [2.75, 3.05) is 13.1 Å². The van der Waals surface area contributed by atoms with E-state index >= 15 is 0 Å². The van der Waals surface area contributed by atoms with Gasteiger partial charge in [-0.2, -0.15) is 0 Å². The van der Waals surface area contributed by atoms with Crippen molar-refractivity contribution in [1.29, 1.82) is 0 Å². The molecule has 0 aliphatic carbocycles. The van der Waals surface area contributed by atoms with Gasteiger partial charge < -0.3 is 5.11 Å². The Morgan fingerprint density at radius 3 is 2.81 bits per heavy atom. The predicted octanol–water partition coefficient (Wildman–Crippen LogP) is 1.53. The Hall–Kier alpha value is -0.980. The molecule has 5 nitrogen and oxygen atoms in total. The molecule has 1 fully saturated rings. The van der Waals surface area contributed by atoms with Gasteiger partial charge in [-0.1, -0.05) is 12.1 Å². The topological polar surface area (TPSA) is 66.6 Å². The van der Waals surface area contributed by atoms with E-state index in [0.29, 0.717) is 24.1 Å². The maximum atomic E-state index is 10.7. The van der Waals surface area contributed by atoms with Gasteiger partial charge in [-0.05, 0) is 21.5 Å². The Morgan fingerprint density at radius 2 is 2.25 bits per heavy atom. The number of likely N-dealkylation sites (tertiary alicyclic amines) is 1. The molecule has 0 spiro atoms. The lowest BCUT2D eigenvalue weighted by Gasteiger charge is -2.35. The number of nitrogens with zero attached hydrogens (tertiary/aromatic N) is 2. The zero-order chi connectivity index (χ0) is 11.7. The fraction of sp³-hybridized carbons (Fsp3) is 0.400. The third-order valence-electron chi connectivity index (χ3n) is 2.59. The van der Waals surface area contributed by atoms with E-state index in [-0.39, 0.29) is 11.8 Å². The molecule has 0 amide bonds. The van der Waals surface area contributed by atoms with Gasteiger partial charge in [0.2, 0.25) is 0 Å². The van der Waals surface area contributed by atoms with E-state index in [1.165, 1.54) is 6.07 Å². The first-order valence-corrected chi connectivity index (χ1v) is 5.69. The van der Waals surface area contributed by atoms with Gasteiger partial charge in [-0.15, -0.1) is 0 Å². The van der Waals surface area contributed by atoms with Gasteiger partial charge >= 0.3 is 0 Å². The Bertz CT molecular complexity index is 419. The summed E-state index contributed by atoms with van der Waals surface area (Å²) in [7, 11) is 0. The molecule has 0 unspecified atom stereocenters. The number of hydrogen-bond acceptors (Lipinski definition) is 4. The molecular weight excluding hydrogens is 276 g/mol. The number of halogens is 1. The van der Waals surface area contributed by atoms with E-state index in [1.54, 1.807) is 6.07 Å². The van der Waals surface area contributed by atoms with Crippen LogP contribution in [-0.4, -0.2) is 34.1 Å². The monoisotopic (exact) mass is 286 g/mol. The normalized spacial score (nSPS) is 17.1. The highest BCUT2D eigenvalue weighted by Crippen LogP contribution is 2.29. The average molecular weight is 287 g/mol. The summed E-state index contributed by atoms with van der Waals surface area (Å²) in [5.41, 5.74) is 0.958. The van der Waals surface area contributed by atoms with Gasteiger partial charge in [0.15, 0.2) is 0 Å². The van der Waals surface area contributed by atoms with Crippen LogP contribution in [0.5, 0.6) is 0 Å². The number of aliphatic hydroxyl groups is 1. The van der Waals surface area contributed by atoms with Crippen LogP contribution in [0.2, 0.25) is 0 Å². The first-order chi connectivity index (χ1) is 7.58. The lowest BCUT2D eigenvalue weighted by atomic mass is 10.1. The van der Waals surface area contributed by atoms with Crippen molar-refractivity contribution in [3.8, 4) is 0 Å². The number of aliphatic hydroxyl groups excluding tert-OH is 1. The largest absolute Gasteiger partial charge is 0.390 e. The Kier molecular flexibility index (Phi) is 3.22. The second-order valence-electron chi connectivity index (χ2n) is 3.86. The first kappa shape index (κ1) is 11.5. The van der Waals surface area contributed by atoms with Crippen LogP contribution in [0.4, 0.5) is 5.69 Å². The van der Waals surface area contributed by atoms with Crippen molar-refractivity contribution in [1.82, 2.24) is 4.90 Å². The molecule has 1 saturated heterocycles. The molecule has 86 valence electrons. The summed E-state index contributed by atoms with van der Waals surface area (Å²) in [4.78, 5) is 12.3. The van der Waals surface area contributed by atoms with Gasteiger partial charge in [-0.3, -0.25) is 15.0 Å². The Labute approximate surface area is 101 Å². The predicted molar refractivity (Wildman–Crippen MR) is 62.1 cm³/mol. The number of rotatable bonds is 3. The molecule has 1 aromatic carbocycles. The van der Waals surface area contributed by atoms with Crippen molar-refractivity contribution in [2.45, 2.75) is 12.6 Å². The quantitative estimate of drug-likeness (QED) is 0.676. The number of nitro groups is 1. The fourth-order valence-corrected chi connectivity index (χ4v) is 2.28. The molecule has 2 rings (SSSR count). The minimum absolute atomic E-state index is 0.0820. The van der Waals surface area contributed by atoms with E-state index in [1.807, 2.05) is 11.0 Å². The van der Waals surface area contributed by atoms with Gasteiger partial charge in [0.05, 0.1) is 15.5 Å². The molecule has 16 heavy (non-hydrogen) atoms. The highest BCUT2D eigenvalue weighted by atomic mass is 79.9. The van der Waals surface area contributed by atoms with Crippen LogP contribution < -0.4 is 0 Å². The molecule has 0 atom stereocenters. The zero-order valence-corrected chi connectivity index (χ0v) is 10.1. The van der Waals surface area contributed by atoms with Crippen LogP contribution in [0, 0.1) is 10.1 Å². The van der Waals surface area contributed by atoms with Crippen molar-refractivity contribution >= 4 is 21.6 Å². The third-order valence-corrected chi connectivity index (χ3v) is 3.50. The van der Waals surface area contributed by atoms with Crippen molar-refractivity contribution < 1.29 is 10.0 Å². The minimum Gasteiger partial charge on any atom is -0.390 e. The number of hydrogen-bond donors (Lipinski definition) is 1. The van der Waals surface area contributed by atoms with Crippen LogP contribution in [-0.2, 0) is 6.54 Å². The Morgan fingerprint density at radius 1 is 1.56 bits per heavy atom. The summed E-state index contributed by atoms with van der Waals surface area (Å²) in [5.74, 6) is 0. The molecule has 6 heteroatoms. The second kappa shape index (κ2) is 4.48. The summed E-state index contributed by atoms with van der Waals surface area (Å²) >= 11 is 3.25. The SMILES string of the molecule is O=[N+]([O-])c1cccc(CN2CC(O)C2)c1Br. The van der Waals surface area contributed by atoms with Gasteiger partial charge in [0.1, 0.15) is 0 Å². The van der Waals surface area contributed by atoms with Crippen LogP contribution in [0.1, 0.15) is 5.56 Å². The summed E-state index contributed by atoms with van der Waals surface area (Å²) in [6.07, 6.45) is -0.252. The number of benzene rings is 1. The number of nitro benzene ring substituents is 1. The smallest absolute Gasteiger partial charge is 0.283 e. The highest BCUT2D eigenvalue weighted by molar-refractivity contribution is 9.10. The van der Waals surface area contributed by atoms with E-state index < -0.39 is 4.92 Å². The maximum Gasteiger partial charge on any atom is 0.283 e. The summed E-state index contributed by atoms with van der Waals surface area (Å²) < 4.78 is 0.529. The van der Waals surface area contributed by atoms with Crippen LogP contribution >= 0.6 is 15.9 Å². The van der Waals surface area contributed by atoms with Gasteiger partial charge in [-0.25, -0.2) is 0 Å². The van der Waals surface area contributed by atoms with Crippen molar-refractivity contribution in [3.63, 3.8) is 0 Å². The van der Waals surface area contributed by atoms with Crippen LogP contribution in [0.15, 0.2) is 22.7 Å².